The third kappa shape index (κ3) is 6.64. The molecule has 39 heavy (non-hydrogen) atoms. The van der Waals surface area contributed by atoms with Gasteiger partial charge in [-0.15, -0.1) is 0 Å². The number of urea groups is 1. The van der Waals surface area contributed by atoms with Crippen LogP contribution in [0.2, 0.25) is 0 Å². The van der Waals surface area contributed by atoms with Crippen LogP contribution in [0.1, 0.15) is 35.1 Å². The Morgan fingerprint density at radius 1 is 0.974 bits per heavy atom. The molecule has 6 nitrogen and oxygen atoms in total. The van der Waals surface area contributed by atoms with Crippen molar-refractivity contribution in [2.75, 3.05) is 18.0 Å². The molecule has 0 atom stereocenters. The number of benzene rings is 3. The second-order valence-electron chi connectivity index (χ2n) is 9.98. The van der Waals surface area contributed by atoms with E-state index in [9.17, 15) is 4.79 Å². The van der Waals surface area contributed by atoms with Crippen molar-refractivity contribution >= 4 is 17.3 Å². The molecular weight excluding hydrogens is 482 g/mol. The molecule has 0 spiro atoms. The highest BCUT2D eigenvalue weighted by atomic mass is 16.2. The van der Waals surface area contributed by atoms with Gasteiger partial charge in [0.25, 0.3) is 0 Å². The van der Waals surface area contributed by atoms with Gasteiger partial charge in [0.1, 0.15) is 0 Å². The van der Waals surface area contributed by atoms with Crippen molar-refractivity contribution in [3.63, 3.8) is 0 Å². The van der Waals surface area contributed by atoms with Crippen LogP contribution in [0.4, 0.5) is 10.5 Å². The fourth-order valence-corrected chi connectivity index (χ4v) is 5.08. The van der Waals surface area contributed by atoms with Crippen molar-refractivity contribution < 1.29 is 4.79 Å². The molecule has 3 aromatic carbocycles. The fourth-order valence-electron chi connectivity index (χ4n) is 5.08. The third-order valence-electron chi connectivity index (χ3n) is 7.27. The highest BCUT2D eigenvalue weighted by Crippen LogP contribution is 2.28. The van der Waals surface area contributed by atoms with Crippen LogP contribution >= 0.6 is 0 Å². The van der Waals surface area contributed by atoms with E-state index >= 15 is 0 Å². The number of allylic oxidation sites excluding steroid dienone is 3. The molecule has 1 saturated heterocycles. The van der Waals surface area contributed by atoms with E-state index in [4.69, 9.17) is 5.26 Å². The summed E-state index contributed by atoms with van der Waals surface area (Å²) < 4.78 is 0. The van der Waals surface area contributed by atoms with E-state index in [1.54, 1.807) is 0 Å². The van der Waals surface area contributed by atoms with Crippen LogP contribution in [0.3, 0.4) is 0 Å². The Hall–Kier alpha value is -4.60. The van der Waals surface area contributed by atoms with E-state index in [0.717, 1.165) is 60.6 Å². The molecule has 0 aromatic heterocycles. The zero-order valence-electron chi connectivity index (χ0n) is 22.0. The molecule has 0 aliphatic carbocycles. The maximum atomic E-state index is 13.6. The van der Waals surface area contributed by atoms with Crippen LogP contribution < -0.4 is 15.5 Å². The normalized spacial score (nSPS) is 15.7. The van der Waals surface area contributed by atoms with Gasteiger partial charge in [0.15, 0.2) is 0 Å². The standard InChI is InChI=1S/C33H33N5O/c1-25-7-12-30(23-35-25)29-13-15-31(16-14-29)38(33(39)36-22-27-5-3-2-4-6-27)32-17-19-37(20-18-32)24-28-10-8-26(21-34)9-11-28/h2-16,23,32,35H,1,17-20,22,24H2,(H,36,39). The number of anilines is 1. The molecule has 0 unspecified atom stereocenters. The molecule has 2 heterocycles. The SMILES string of the molecule is C=C1C=CC(c2ccc(N(C(=O)NCc3ccccc3)C3CCN(Cc4ccc(C#N)cc4)CC3)cc2)=CN1. The summed E-state index contributed by atoms with van der Waals surface area (Å²) in [6.07, 6.45) is 7.72. The maximum Gasteiger partial charge on any atom is 0.322 e. The van der Waals surface area contributed by atoms with Gasteiger partial charge in [-0.1, -0.05) is 67.3 Å². The van der Waals surface area contributed by atoms with E-state index in [-0.39, 0.29) is 12.1 Å². The number of dihydropyridines is 1. The van der Waals surface area contributed by atoms with Gasteiger partial charge in [-0.2, -0.15) is 5.26 Å². The third-order valence-corrected chi connectivity index (χ3v) is 7.27. The summed E-state index contributed by atoms with van der Waals surface area (Å²) in [5, 5.41) is 15.4. The summed E-state index contributed by atoms with van der Waals surface area (Å²) in [6.45, 7) is 7.05. The van der Waals surface area contributed by atoms with E-state index in [1.807, 2.05) is 90.0 Å². The number of hydrogen-bond acceptors (Lipinski definition) is 4. The minimum atomic E-state index is -0.0770. The van der Waals surface area contributed by atoms with Crippen molar-refractivity contribution in [1.82, 2.24) is 15.5 Å². The molecule has 1 fully saturated rings. The van der Waals surface area contributed by atoms with Crippen LogP contribution in [0.25, 0.3) is 5.57 Å². The van der Waals surface area contributed by atoms with Crippen molar-refractivity contribution in [1.29, 1.82) is 5.26 Å². The molecule has 0 saturated carbocycles. The molecule has 2 aliphatic heterocycles. The highest BCUT2D eigenvalue weighted by molar-refractivity contribution is 5.93. The van der Waals surface area contributed by atoms with Gasteiger partial charge in [0, 0.05) is 49.8 Å². The van der Waals surface area contributed by atoms with Crippen LogP contribution in [0, 0.1) is 11.3 Å². The number of amides is 2. The number of likely N-dealkylation sites (tertiary alicyclic amines) is 1. The first-order valence-corrected chi connectivity index (χ1v) is 13.4. The predicted molar refractivity (Wildman–Crippen MR) is 156 cm³/mol. The number of carbonyl (C=O) groups excluding carboxylic acids is 1. The number of nitrogens with one attached hydrogen (secondary N) is 2. The molecule has 3 aromatic rings. The molecule has 0 radical (unpaired) electrons. The van der Waals surface area contributed by atoms with Crippen LogP contribution in [-0.4, -0.2) is 30.1 Å². The topological polar surface area (TPSA) is 71.4 Å². The van der Waals surface area contributed by atoms with Crippen LogP contribution in [0.5, 0.6) is 0 Å². The lowest BCUT2D eigenvalue weighted by molar-refractivity contribution is 0.197. The number of carbonyl (C=O) groups is 1. The Bertz CT molecular complexity index is 1390. The number of hydrogen-bond donors (Lipinski definition) is 2. The summed E-state index contributed by atoms with van der Waals surface area (Å²) in [7, 11) is 0. The molecule has 196 valence electrons. The van der Waals surface area contributed by atoms with Crippen LogP contribution in [0.15, 0.2) is 109 Å². The lowest BCUT2D eigenvalue weighted by Gasteiger charge is -2.38. The number of rotatable bonds is 7. The Labute approximate surface area is 230 Å². The molecular formula is C33H33N5O. The first kappa shape index (κ1) is 26.0. The minimum Gasteiger partial charge on any atom is -0.362 e. The molecule has 0 bridgehead atoms. The number of nitriles is 1. The molecule has 5 rings (SSSR count). The Morgan fingerprint density at radius 2 is 1.69 bits per heavy atom. The van der Waals surface area contributed by atoms with E-state index < -0.39 is 0 Å². The lowest BCUT2D eigenvalue weighted by Crippen LogP contribution is -2.50. The van der Waals surface area contributed by atoms with Gasteiger partial charge in [-0.25, -0.2) is 4.79 Å². The second-order valence-corrected chi connectivity index (χ2v) is 9.98. The zero-order valence-corrected chi connectivity index (χ0v) is 22.0. The minimum absolute atomic E-state index is 0.0770. The van der Waals surface area contributed by atoms with Gasteiger partial charge in [-0.3, -0.25) is 9.80 Å². The zero-order chi connectivity index (χ0) is 27.0. The Balaban J connectivity index is 1.29. The van der Waals surface area contributed by atoms with Crippen LogP contribution in [-0.2, 0) is 13.1 Å². The average molecular weight is 516 g/mol. The largest absolute Gasteiger partial charge is 0.362 e. The first-order chi connectivity index (χ1) is 19.1. The monoisotopic (exact) mass is 515 g/mol. The molecule has 6 heteroatoms. The average Bonchev–Trinajstić information content (AvgIpc) is 2.99. The fraction of sp³-hybridized carbons (Fsp3) is 0.212. The van der Waals surface area contributed by atoms with Gasteiger partial charge in [0.2, 0.25) is 0 Å². The summed E-state index contributed by atoms with van der Waals surface area (Å²) in [5.41, 5.74) is 6.86. The molecule has 2 aliphatic rings. The first-order valence-electron chi connectivity index (χ1n) is 13.4. The van der Waals surface area contributed by atoms with Gasteiger partial charge in [0.05, 0.1) is 11.6 Å². The maximum absolute atomic E-state index is 13.6. The van der Waals surface area contributed by atoms with Crippen molar-refractivity contribution in [3.8, 4) is 6.07 Å². The second kappa shape index (κ2) is 12.3. The Morgan fingerprint density at radius 3 is 2.33 bits per heavy atom. The lowest BCUT2D eigenvalue weighted by atomic mass is 10.00. The van der Waals surface area contributed by atoms with Crippen molar-refractivity contribution in [3.05, 3.63) is 132 Å². The summed E-state index contributed by atoms with van der Waals surface area (Å²) in [6, 6.07) is 28.2. The van der Waals surface area contributed by atoms with Gasteiger partial charge >= 0.3 is 6.03 Å². The molecule has 2 amide bonds. The smallest absolute Gasteiger partial charge is 0.322 e. The van der Waals surface area contributed by atoms with Crippen molar-refractivity contribution in [2.24, 2.45) is 0 Å². The highest BCUT2D eigenvalue weighted by Gasteiger charge is 2.29. The van der Waals surface area contributed by atoms with Gasteiger partial charge < -0.3 is 10.6 Å². The summed E-state index contributed by atoms with van der Waals surface area (Å²) >= 11 is 0. The molecule has 2 N–H and O–H groups in total. The summed E-state index contributed by atoms with van der Waals surface area (Å²) in [5.74, 6) is 0. The van der Waals surface area contributed by atoms with E-state index in [1.165, 1.54) is 5.56 Å². The summed E-state index contributed by atoms with van der Waals surface area (Å²) in [4.78, 5) is 18.0. The quantitative estimate of drug-likeness (QED) is 0.408. The van der Waals surface area contributed by atoms with E-state index in [0.29, 0.717) is 12.1 Å². The van der Waals surface area contributed by atoms with Crippen molar-refractivity contribution in [2.45, 2.75) is 32.0 Å². The predicted octanol–water partition coefficient (Wildman–Crippen LogP) is 5.95. The number of nitrogens with zero attached hydrogens (tertiary/aromatic N) is 3. The van der Waals surface area contributed by atoms with E-state index in [2.05, 4.69) is 40.3 Å². The number of piperidine rings is 1. The Kier molecular flexibility index (Phi) is 8.20. The van der Waals surface area contributed by atoms with Gasteiger partial charge in [-0.05, 0) is 65.4 Å².